The lowest BCUT2D eigenvalue weighted by Gasteiger charge is -2.20. The lowest BCUT2D eigenvalue weighted by molar-refractivity contribution is -0.139. The maximum absolute atomic E-state index is 12.3. The second-order valence-electron chi connectivity index (χ2n) is 5.36. The minimum absolute atomic E-state index is 0.112. The molecule has 0 radical (unpaired) electrons. The third kappa shape index (κ3) is 5.27. The van der Waals surface area contributed by atoms with Crippen molar-refractivity contribution in [3.63, 3.8) is 0 Å². The van der Waals surface area contributed by atoms with Gasteiger partial charge in [-0.1, -0.05) is 13.8 Å². The van der Waals surface area contributed by atoms with Gasteiger partial charge >= 0.3 is 5.97 Å². The van der Waals surface area contributed by atoms with Crippen molar-refractivity contribution in [3.8, 4) is 11.5 Å². The van der Waals surface area contributed by atoms with Crippen LogP contribution < -0.4 is 9.47 Å². The van der Waals surface area contributed by atoms with Crippen molar-refractivity contribution in [2.45, 2.75) is 20.8 Å². The molecule has 6 heteroatoms. The maximum Gasteiger partial charge on any atom is 0.341 e. The van der Waals surface area contributed by atoms with E-state index in [0.717, 1.165) is 0 Å². The molecular formula is C16H23NO5. The quantitative estimate of drug-likeness (QED) is 0.797. The molecule has 0 saturated carbocycles. The number of carboxylic acids is 1. The van der Waals surface area contributed by atoms with Crippen molar-refractivity contribution in [3.05, 3.63) is 23.8 Å². The second-order valence-corrected chi connectivity index (χ2v) is 5.36. The smallest absolute Gasteiger partial charge is 0.341 e. The first kappa shape index (κ1) is 17.8. The highest BCUT2D eigenvalue weighted by atomic mass is 16.5. The molecule has 0 aliphatic carbocycles. The van der Waals surface area contributed by atoms with Crippen LogP contribution in [0, 0.1) is 5.92 Å². The molecule has 0 aliphatic heterocycles. The number of ether oxygens (including phenoxy) is 2. The van der Waals surface area contributed by atoms with E-state index in [1.54, 1.807) is 37.1 Å². The summed E-state index contributed by atoms with van der Waals surface area (Å²) in [5.74, 6) is -0.128. The monoisotopic (exact) mass is 309 g/mol. The molecule has 1 aromatic carbocycles. The topological polar surface area (TPSA) is 76.1 Å². The predicted molar refractivity (Wildman–Crippen MR) is 82.5 cm³/mol. The Bertz CT molecular complexity index is 527. The van der Waals surface area contributed by atoms with Crippen molar-refractivity contribution >= 4 is 11.9 Å². The number of carbonyl (C=O) groups is 2. The van der Waals surface area contributed by atoms with E-state index in [0.29, 0.717) is 36.1 Å². The maximum atomic E-state index is 12.3. The Hall–Kier alpha value is -2.24. The highest BCUT2D eigenvalue weighted by molar-refractivity contribution is 5.94. The van der Waals surface area contributed by atoms with Crippen LogP contribution in [0.2, 0.25) is 0 Å². The van der Waals surface area contributed by atoms with Gasteiger partial charge in [0, 0.05) is 19.2 Å². The average molecular weight is 309 g/mol. The van der Waals surface area contributed by atoms with Crippen LogP contribution in [0.4, 0.5) is 0 Å². The summed E-state index contributed by atoms with van der Waals surface area (Å²) in [5, 5.41) is 8.67. The molecule has 0 saturated heterocycles. The molecule has 122 valence electrons. The van der Waals surface area contributed by atoms with Gasteiger partial charge in [-0.3, -0.25) is 4.79 Å². The van der Waals surface area contributed by atoms with Gasteiger partial charge < -0.3 is 19.5 Å². The van der Waals surface area contributed by atoms with Gasteiger partial charge in [0.25, 0.3) is 5.91 Å². The molecule has 0 aromatic heterocycles. The summed E-state index contributed by atoms with van der Waals surface area (Å²) in [6, 6.07) is 4.75. The van der Waals surface area contributed by atoms with Gasteiger partial charge in [-0.15, -0.1) is 0 Å². The van der Waals surface area contributed by atoms with Crippen LogP contribution in [0.5, 0.6) is 11.5 Å². The zero-order valence-corrected chi connectivity index (χ0v) is 13.5. The van der Waals surface area contributed by atoms with Crippen molar-refractivity contribution in [2.24, 2.45) is 5.92 Å². The molecule has 1 N–H and O–H groups in total. The molecule has 1 aromatic rings. The van der Waals surface area contributed by atoms with Crippen LogP contribution in [0.25, 0.3) is 0 Å². The van der Waals surface area contributed by atoms with E-state index in [1.165, 1.54) is 0 Å². The van der Waals surface area contributed by atoms with Gasteiger partial charge in [-0.2, -0.15) is 0 Å². The van der Waals surface area contributed by atoms with Crippen molar-refractivity contribution in [1.82, 2.24) is 4.90 Å². The zero-order chi connectivity index (χ0) is 16.7. The van der Waals surface area contributed by atoms with E-state index in [9.17, 15) is 9.59 Å². The average Bonchev–Trinajstić information content (AvgIpc) is 2.44. The number of aliphatic carboxylic acids is 1. The van der Waals surface area contributed by atoms with E-state index < -0.39 is 12.6 Å². The minimum atomic E-state index is -1.07. The fraction of sp³-hybridized carbons (Fsp3) is 0.500. The van der Waals surface area contributed by atoms with E-state index in [-0.39, 0.29) is 5.91 Å². The normalized spacial score (nSPS) is 10.4. The number of hydrogen-bond donors (Lipinski definition) is 1. The lowest BCUT2D eigenvalue weighted by Crippen LogP contribution is -2.30. The first-order valence-corrected chi connectivity index (χ1v) is 7.22. The Morgan fingerprint density at radius 1 is 1.23 bits per heavy atom. The van der Waals surface area contributed by atoms with Crippen LogP contribution >= 0.6 is 0 Å². The SMILES string of the molecule is CCOc1cc(C(=O)N(C)CC(C)C)ccc1OCC(=O)O. The van der Waals surface area contributed by atoms with E-state index in [1.807, 2.05) is 13.8 Å². The molecule has 0 spiro atoms. The molecule has 1 rings (SSSR count). The molecule has 6 nitrogen and oxygen atoms in total. The standard InChI is InChI=1S/C16H23NO5/c1-5-21-14-8-12(16(20)17(4)9-11(2)3)6-7-13(14)22-10-15(18)19/h6-8,11H,5,9-10H2,1-4H3,(H,18,19). The number of hydrogen-bond acceptors (Lipinski definition) is 4. The van der Waals surface area contributed by atoms with Crippen LogP contribution in [0.15, 0.2) is 18.2 Å². The molecule has 0 atom stereocenters. The third-order valence-corrected chi connectivity index (χ3v) is 2.83. The van der Waals surface area contributed by atoms with Gasteiger partial charge in [0.05, 0.1) is 6.61 Å². The Kier molecular flexibility index (Phi) is 6.69. The highest BCUT2D eigenvalue weighted by Crippen LogP contribution is 2.29. The molecule has 0 unspecified atom stereocenters. The van der Waals surface area contributed by atoms with E-state index in [4.69, 9.17) is 14.6 Å². The minimum Gasteiger partial charge on any atom is -0.490 e. The second kappa shape index (κ2) is 8.26. The highest BCUT2D eigenvalue weighted by Gasteiger charge is 2.16. The molecule has 0 bridgehead atoms. The summed E-state index contributed by atoms with van der Waals surface area (Å²) in [6.07, 6.45) is 0. The number of amides is 1. The fourth-order valence-electron chi connectivity index (χ4n) is 2.02. The van der Waals surface area contributed by atoms with Gasteiger partial charge in [-0.05, 0) is 31.0 Å². The van der Waals surface area contributed by atoms with Crippen molar-refractivity contribution in [1.29, 1.82) is 0 Å². The summed E-state index contributed by atoms with van der Waals surface area (Å²) >= 11 is 0. The van der Waals surface area contributed by atoms with Crippen molar-refractivity contribution in [2.75, 3.05) is 26.8 Å². The Balaban J connectivity index is 2.95. The number of rotatable bonds is 8. The van der Waals surface area contributed by atoms with Crippen LogP contribution in [0.1, 0.15) is 31.1 Å². The van der Waals surface area contributed by atoms with E-state index >= 15 is 0 Å². The van der Waals surface area contributed by atoms with Gasteiger partial charge in [0.1, 0.15) is 0 Å². The van der Waals surface area contributed by atoms with Gasteiger partial charge in [0.2, 0.25) is 0 Å². The van der Waals surface area contributed by atoms with Crippen LogP contribution in [-0.4, -0.2) is 48.7 Å². The van der Waals surface area contributed by atoms with Crippen LogP contribution in [0.3, 0.4) is 0 Å². The largest absolute Gasteiger partial charge is 0.490 e. The number of benzene rings is 1. The zero-order valence-electron chi connectivity index (χ0n) is 13.5. The van der Waals surface area contributed by atoms with Gasteiger partial charge in [0.15, 0.2) is 18.1 Å². The number of nitrogens with zero attached hydrogens (tertiary/aromatic N) is 1. The number of carbonyl (C=O) groups excluding carboxylic acids is 1. The first-order valence-electron chi connectivity index (χ1n) is 7.22. The summed E-state index contributed by atoms with van der Waals surface area (Å²) in [5.41, 5.74) is 0.481. The Labute approximate surface area is 130 Å². The summed E-state index contributed by atoms with van der Waals surface area (Å²) in [7, 11) is 1.75. The summed E-state index contributed by atoms with van der Waals surface area (Å²) < 4.78 is 10.6. The van der Waals surface area contributed by atoms with Crippen molar-refractivity contribution < 1.29 is 24.2 Å². The summed E-state index contributed by atoms with van der Waals surface area (Å²) in [6.45, 7) is 6.47. The molecule has 22 heavy (non-hydrogen) atoms. The molecular weight excluding hydrogens is 286 g/mol. The lowest BCUT2D eigenvalue weighted by atomic mass is 10.1. The molecule has 0 heterocycles. The fourth-order valence-corrected chi connectivity index (χ4v) is 2.02. The molecule has 0 aliphatic rings. The summed E-state index contributed by atoms with van der Waals surface area (Å²) in [4.78, 5) is 24.6. The van der Waals surface area contributed by atoms with Gasteiger partial charge in [-0.25, -0.2) is 4.79 Å². The van der Waals surface area contributed by atoms with E-state index in [2.05, 4.69) is 0 Å². The Morgan fingerprint density at radius 2 is 1.91 bits per heavy atom. The Morgan fingerprint density at radius 3 is 2.45 bits per heavy atom. The molecule has 1 amide bonds. The molecule has 0 fully saturated rings. The van der Waals surface area contributed by atoms with Crippen LogP contribution in [-0.2, 0) is 4.79 Å². The first-order chi connectivity index (χ1) is 10.3. The number of carboxylic acid groups (broad SMARTS) is 1. The predicted octanol–water partition coefficient (Wildman–Crippen LogP) is 2.28. The third-order valence-electron chi connectivity index (χ3n) is 2.83.